The number of aromatic nitrogens is 2. The van der Waals surface area contributed by atoms with E-state index in [1.807, 2.05) is 84.2 Å². The Balaban J connectivity index is 0.000000951. The lowest BCUT2D eigenvalue weighted by molar-refractivity contribution is -0.711. The minimum absolute atomic E-state index is 0.139. The standard InChI is InChI=1S/C50H58Cl2N2O2.2CHF3O3S/c1-35(19-13-21-37(3)25-27-43-39(5)47(55)45(31-49(43,7)8)53-29-15-23-41(51)33-53)17-11-12-18-36(2)20-14-22-38(4)26-28-44-40(6)48(56)46(32-50(44,9)10)54-30-16-24-42(52)34-54;2*2-1(3,4)8(5,6)7/h11-30,33-34,45-46H,31-32H2,1-10H3;2*(H,5,6,7)/q+2;;/p-2/b12-11+,19-13+,20-14+,27-25+,28-26+,35-17+,36-18+,37-21+,38-22+;;. The van der Waals surface area contributed by atoms with Gasteiger partial charge in [-0.25, -0.2) is 16.8 Å². The van der Waals surface area contributed by atoms with Gasteiger partial charge in [0, 0.05) is 36.1 Å². The molecular weight excluding hydrogens is 1030 g/mol. The number of hydrogen-bond acceptors (Lipinski definition) is 8. The van der Waals surface area contributed by atoms with Crippen molar-refractivity contribution in [1.82, 2.24) is 0 Å². The molecule has 2 atom stereocenters. The highest BCUT2D eigenvalue weighted by Crippen LogP contribution is 2.44. The molecule has 0 spiro atoms. The molecule has 0 aromatic carbocycles. The Bertz CT molecular complexity index is 2720. The number of ketones is 2. The molecular formula is C52H58Cl2F6N2O8S2. The molecule has 0 N–H and O–H groups in total. The van der Waals surface area contributed by atoms with Gasteiger partial charge in [-0.15, -0.1) is 0 Å². The van der Waals surface area contributed by atoms with Gasteiger partial charge in [-0.3, -0.25) is 9.59 Å². The Labute approximate surface area is 428 Å². The van der Waals surface area contributed by atoms with Crippen LogP contribution in [-0.4, -0.2) is 48.5 Å². The fourth-order valence-corrected chi connectivity index (χ4v) is 7.79. The zero-order valence-electron chi connectivity index (χ0n) is 41.3. The van der Waals surface area contributed by atoms with Gasteiger partial charge in [-0.2, -0.15) is 35.5 Å². The van der Waals surface area contributed by atoms with Gasteiger partial charge < -0.3 is 9.11 Å². The van der Waals surface area contributed by atoms with Crippen molar-refractivity contribution in [1.29, 1.82) is 0 Å². The quantitative estimate of drug-likeness (QED) is 0.0668. The van der Waals surface area contributed by atoms with Crippen LogP contribution in [0, 0.1) is 10.8 Å². The largest absolute Gasteiger partial charge is 0.741 e. The predicted molar refractivity (Wildman–Crippen MR) is 266 cm³/mol. The highest BCUT2D eigenvalue weighted by atomic mass is 35.5. The topological polar surface area (TPSA) is 156 Å². The molecule has 2 heterocycles. The minimum atomic E-state index is -6.09. The molecule has 2 unspecified atom stereocenters. The number of pyridine rings is 2. The Kier molecular flexibility index (Phi) is 22.8. The van der Waals surface area contributed by atoms with E-state index in [2.05, 4.69) is 128 Å². The van der Waals surface area contributed by atoms with E-state index in [4.69, 9.17) is 49.1 Å². The number of rotatable bonds is 12. The van der Waals surface area contributed by atoms with Crippen molar-refractivity contribution in [3.8, 4) is 0 Å². The Morgan fingerprint density at radius 1 is 0.583 bits per heavy atom. The summed E-state index contributed by atoms with van der Waals surface area (Å²) in [6.45, 7) is 21.0. The zero-order valence-corrected chi connectivity index (χ0v) is 44.4. The smallest absolute Gasteiger partial charge is 0.485 e. The van der Waals surface area contributed by atoms with Gasteiger partial charge in [-0.05, 0) is 75.7 Å². The van der Waals surface area contributed by atoms with Crippen molar-refractivity contribution in [2.75, 3.05) is 0 Å². The number of alkyl halides is 6. The van der Waals surface area contributed by atoms with Crippen molar-refractivity contribution < 1.29 is 71.0 Å². The third-order valence-corrected chi connectivity index (χ3v) is 12.7. The molecule has 2 aromatic rings. The maximum absolute atomic E-state index is 13.4. The highest BCUT2D eigenvalue weighted by Gasteiger charge is 2.44. The number of allylic oxidation sites excluding steroid dienone is 22. The summed E-state index contributed by atoms with van der Waals surface area (Å²) in [7, 11) is -12.2. The maximum Gasteiger partial charge on any atom is 0.485 e. The molecule has 72 heavy (non-hydrogen) atoms. The number of nitrogens with zero attached hydrogens (tertiary/aromatic N) is 2. The van der Waals surface area contributed by atoms with Crippen molar-refractivity contribution >= 4 is 55.0 Å². The van der Waals surface area contributed by atoms with Gasteiger partial charge in [0.1, 0.15) is 10.0 Å². The average Bonchev–Trinajstić information content (AvgIpc) is 3.24. The first-order valence-corrected chi connectivity index (χ1v) is 25.4. The molecule has 0 saturated carbocycles. The SMILES string of the molecule is CC1=C(/C=C/C(C)=C/C=C/C(C)=C/C=C/C=C(C)/C=C/C=C(C)/C=C/C2=C(C)C(=O)C([n+]3cccc(Cl)c3)CC2(C)C)C(C)(C)CC([n+]2cccc(Cl)c2)C1=O.O=S(=O)([O-])C(F)(F)F.O=S(=O)([O-])C(F)(F)F. The van der Waals surface area contributed by atoms with Gasteiger partial charge in [0.05, 0.1) is 0 Å². The van der Waals surface area contributed by atoms with Crippen molar-refractivity contribution in [2.24, 2.45) is 10.8 Å². The molecule has 2 aliphatic rings. The van der Waals surface area contributed by atoms with E-state index in [9.17, 15) is 35.9 Å². The molecule has 0 fully saturated rings. The third-order valence-electron chi connectivity index (χ3n) is 11.2. The van der Waals surface area contributed by atoms with Gasteiger partial charge in [0.2, 0.25) is 23.7 Å². The van der Waals surface area contributed by atoms with Crippen LogP contribution in [0.2, 0.25) is 10.0 Å². The second kappa shape index (κ2) is 26.1. The lowest BCUT2D eigenvalue weighted by atomic mass is 9.70. The van der Waals surface area contributed by atoms with Crippen molar-refractivity contribution in [3.05, 3.63) is 189 Å². The summed E-state index contributed by atoms with van der Waals surface area (Å²) in [6.07, 6.45) is 38.0. The lowest BCUT2D eigenvalue weighted by Crippen LogP contribution is -2.48. The van der Waals surface area contributed by atoms with Crippen LogP contribution in [0.1, 0.15) is 94.2 Å². The van der Waals surface area contributed by atoms with Crippen LogP contribution >= 0.6 is 23.2 Å². The van der Waals surface area contributed by atoms with E-state index in [1.165, 1.54) is 0 Å². The van der Waals surface area contributed by atoms with E-state index in [1.54, 1.807) is 0 Å². The number of hydrogen-bond donors (Lipinski definition) is 0. The van der Waals surface area contributed by atoms with Crippen LogP contribution in [0.15, 0.2) is 179 Å². The monoisotopic (exact) mass is 1090 g/mol. The van der Waals surface area contributed by atoms with Crippen LogP contribution in [0.5, 0.6) is 0 Å². The molecule has 20 heteroatoms. The fourth-order valence-electron chi connectivity index (χ4n) is 7.42. The molecule has 10 nitrogen and oxygen atoms in total. The van der Waals surface area contributed by atoms with Crippen LogP contribution in [0.4, 0.5) is 26.3 Å². The second-order valence-corrected chi connectivity index (χ2v) is 21.8. The summed E-state index contributed by atoms with van der Waals surface area (Å²) in [4.78, 5) is 26.7. The van der Waals surface area contributed by atoms with E-state index in [0.29, 0.717) is 22.9 Å². The lowest BCUT2D eigenvalue weighted by Gasteiger charge is -2.34. The first-order chi connectivity index (χ1) is 32.9. The van der Waals surface area contributed by atoms with Crippen molar-refractivity contribution in [3.63, 3.8) is 0 Å². The number of Topliss-reactive ketones (excluding diaryl/α,β-unsaturated/α-hetero) is 2. The van der Waals surface area contributed by atoms with Gasteiger partial charge in [0.25, 0.3) is 0 Å². The molecule has 4 rings (SSSR count). The maximum atomic E-state index is 13.4. The van der Waals surface area contributed by atoms with Gasteiger partial charge in [0.15, 0.2) is 45.0 Å². The molecule has 392 valence electrons. The number of carbonyl (C=O) groups excluding carboxylic acids is 2. The Morgan fingerprint density at radius 3 is 1.14 bits per heavy atom. The number of carbonyl (C=O) groups is 2. The van der Waals surface area contributed by atoms with E-state index < -0.39 is 31.3 Å². The molecule has 0 aliphatic heterocycles. The molecule has 0 amide bonds. The Hall–Kier alpha value is -5.24. The van der Waals surface area contributed by atoms with Gasteiger partial charge in [-0.1, -0.05) is 158 Å². The highest BCUT2D eigenvalue weighted by molar-refractivity contribution is 7.86. The summed E-state index contributed by atoms with van der Waals surface area (Å²) in [6, 6.07) is 6.90. The first kappa shape index (κ1) is 62.9. The second-order valence-electron chi connectivity index (χ2n) is 18.2. The zero-order chi connectivity index (χ0) is 55.2. The summed E-state index contributed by atoms with van der Waals surface area (Å²) < 4.78 is 122. The predicted octanol–water partition coefficient (Wildman–Crippen LogP) is 12.7. The molecule has 2 aromatic heterocycles. The minimum Gasteiger partial charge on any atom is -0.741 e. The average molecular weight is 1090 g/mol. The Morgan fingerprint density at radius 2 is 0.861 bits per heavy atom. The molecule has 0 radical (unpaired) electrons. The van der Waals surface area contributed by atoms with E-state index in [0.717, 1.165) is 44.6 Å². The number of halogens is 8. The molecule has 2 aliphatic carbocycles. The van der Waals surface area contributed by atoms with Crippen LogP contribution in [0.3, 0.4) is 0 Å². The van der Waals surface area contributed by atoms with Crippen LogP contribution in [-0.2, 0) is 29.8 Å². The first-order valence-electron chi connectivity index (χ1n) is 21.9. The van der Waals surface area contributed by atoms with Gasteiger partial charge >= 0.3 is 11.0 Å². The van der Waals surface area contributed by atoms with Crippen molar-refractivity contribution in [2.45, 2.75) is 105 Å². The summed E-state index contributed by atoms with van der Waals surface area (Å²) in [5.41, 5.74) is -3.38. The molecule has 0 bridgehead atoms. The molecule has 0 saturated heterocycles. The summed E-state index contributed by atoms with van der Waals surface area (Å²) >= 11 is 12.4. The van der Waals surface area contributed by atoms with E-state index >= 15 is 0 Å². The van der Waals surface area contributed by atoms with Crippen LogP contribution < -0.4 is 9.13 Å². The van der Waals surface area contributed by atoms with Crippen LogP contribution in [0.25, 0.3) is 0 Å². The fraction of sp³-hybridized carbons (Fsp3) is 0.346. The third kappa shape index (κ3) is 19.6. The summed E-state index contributed by atoms with van der Waals surface area (Å²) in [5, 5.41) is 1.25. The normalized spacial score (nSPS) is 20.0. The summed E-state index contributed by atoms with van der Waals surface area (Å²) in [5.74, 6) is 0.277. The van der Waals surface area contributed by atoms with E-state index in [-0.39, 0.29) is 34.5 Å².